The topological polar surface area (TPSA) is 107 Å². The van der Waals surface area contributed by atoms with E-state index in [4.69, 9.17) is 10.5 Å². The van der Waals surface area contributed by atoms with Gasteiger partial charge in [-0.3, -0.25) is 0 Å². The summed E-state index contributed by atoms with van der Waals surface area (Å²) in [6.45, 7) is 2.02. The molecule has 0 radical (unpaired) electrons. The number of rotatable bonds is 4. The summed E-state index contributed by atoms with van der Waals surface area (Å²) in [5.41, 5.74) is 6.04. The maximum atomic E-state index is 9.38. The van der Waals surface area contributed by atoms with Gasteiger partial charge in [-0.15, -0.1) is 23.1 Å². The molecule has 0 saturated carbocycles. The molecule has 2 N–H and O–H groups in total. The Hall–Kier alpha value is -2.40. The second-order valence-corrected chi connectivity index (χ2v) is 6.59. The van der Waals surface area contributed by atoms with Gasteiger partial charge in [-0.25, -0.2) is 0 Å². The summed E-state index contributed by atoms with van der Waals surface area (Å²) in [5, 5.41) is 29.8. The Balaban J connectivity index is 2.75. The molecule has 0 aliphatic carbocycles. The van der Waals surface area contributed by atoms with Gasteiger partial charge in [-0.05, 0) is 23.6 Å². The third kappa shape index (κ3) is 2.44. The number of nitrogens with two attached hydrogens (primary N) is 1. The second kappa shape index (κ2) is 6.58. The monoisotopic (exact) mass is 328 g/mol. The molecule has 1 unspecified atom stereocenters. The number of hydrogen-bond donors (Lipinski definition) is 1. The highest BCUT2D eigenvalue weighted by atomic mass is 32.2. The first kappa shape index (κ1) is 16.0. The van der Waals surface area contributed by atoms with Gasteiger partial charge in [0, 0.05) is 0 Å². The van der Waals surface area contributed by atoms with E-state index in [9.17, 15) is 15.8 Å². The Bertz CT molecular complexity index is 743. The minimum atomic E-state index is -1.10. The highest BCUT2D eigenvalue weighted by Gasteiger charge is 2.50. The fourth-order valence-corrected chi connectivity index (χ4v) is 4.42. The van der Waals surface area contributed by atoms with Crippen molar-refractivity contribution in [1.82, 2.24) is 0 Å². The summed E-state index contributed by atoms with van der Waals surface area (Å²) in [4.78, 5) is -0.294. The predicted octanol–water partition coefficient (Wildman–Crippen LogP) is 3.11. The van der Waals surface area contributed by atoms with Crippen LogP contribution in [0.1, 0.15) is 18.2 Å². The molecular formula is C15H12N4OS2. The van der Waals surface area contributed by atoms with Crippen molar-refractivity contribution >= 4 is 23.1 Å². The van der Waals surface area contributed by atoms with Crippen molar-refractivity contribution in [3.05, 3.63) is 45.0 Å². The quantitative estimate of drug-likeness (QED) is 0.851. The molecule has 0 spiro atoms. The van der Waals surface area contributed by atoms with Crippen molar-refractivity contribution < 1.29 is 4.74 Å². The fourth-order valence-electron chi connectivity index (χ4n) is 2.14. The molecule has 2 heterocycles. The SMILES string of the molecule is CCCSC1(c2cccs2)OC(N)=C(C#N)C1=C(C#N)C#N. The zero-order chi connectivity index (χ0) is 16.2. The molecule has 0 fully saturated rings. The number of hydrogen-bond acceptors (Lipinski definition) is 7. The van der Waals surface area contributed by atoms with E-state index in [1.807, 2.05) is 42.6 Å². The van der Waals surface area contributed by atoms with Crippen LogP contribution in [0.2, 0.25) is 0 Å². The van der Waals surface area contributed by atoms with Crippen LogP contribution in [0.5, 0.6) is 0 Å². The lowest BCUT2D eigenvalue weighted by atomic mass is 9.97. The molecule has 0 amide bonds. The summed E-state index contributed by atoms with van der Waals surface area (Å²) in [7, 11) is 0. The van der Waals surface area contributed by atoms with Gasteiger partial charge in [-0.1, -0.05) is 13.0 Å². The third-order valence-electron chi connectivity index (χ3n) is 3.02. The zero-order valence-corrected chi connectivity index (χ0v) is 13.4. The van der Waals surface area contributed by atoms with Gasteiger partial charge in [0.15, 0.2) is 0 Å². The molecule has 0 saturated heterocycles. The van der Waals surface area contributed by atoms with Gasteiger partial charge < -0.3 is 10.5 Å². The molecule has 1 aliphatic heterocycles. The van der Waals surface area contributed by atoms with Crippen LogP contribution in [0.15, 0.2) is 40.1 Å². The molecule has 1 aromatic heterocycles. The number of thioether (sulfide) groups is 1. The van der Waals surface area contributed by atoms with E-state index in [2.05, 4.69) is 0 Å². The molecule has 0 bridgehead atoms. The Labute approximate surface area is 136 Å². The van der Waals surface area contributed by atoms with Gasteiger partial charge in [-0.2, -0.15) is 15.8 Å². The lowest BCUT2D eigenvalue weighted by Crippen LogP contribution is -2.25. The molecule has 110 valence electrons. The minimum absolute atomic E-state index is 0.0440. The molecule has 7 heteroatoms. The Kier molecular flexibility index (Phi) is 4.78. The van der Waals surface area contributed by atoms with E-state index >= 15 is 0 Å². The summed E-state index contributed by atoms with van der Waals surface area (Å²) < 4.78 is 5.84. The lowest BCUT2D eigenvalue weighted by Gasteiger charge is -2.29. The normalized spacial score (nSPS) is 20.0. The maximum absolute atomic E-state index is 9.38. The van der Waals surface area contributed by atoms with Crippen LogP contribution in [0.4, 0.5) is 0 Å². The predicted molar refractivity (Wildman–Crippen MR) is 84.9 cm³/mol. The van der Waals surface area contributed by atoms with Gasteiger partial charge in [0.2, 0.25) is 10.8 Å². The van der Waals surface area contributed by atoms with E-state index in [-0.39, 0.29) is 22.6 Å². The summed E-state index contributed by atoms with van der Waals surface area (Å²) >= 11 is 2.87. The Morgan fingerprint density at radius 3 is 2.64 bits per heavy atom. The van der Waals surface area contributed by atoms with Crippen molar-refractivity contribution in [2.45, 2.75) is 18.3 Å². The molecule has 1 atom stereocenters. The van der Waals surface area contributed by atoms with Crippen LogP contribution >= 0.6 is 23.1 Å². The molecule has 2 rings (SSSR count). The number of ether oxygens (including phenoxy) is 1. The summed E-state index contributed by atoms with van der Waals surface area (Å²) in [6, 6.07) is 9.40. The van der Waals surface area contributed by atoms with Gasteiger partial charge >= 0.3 is 0 Å². The lowest BCUT2D eigenvalue weighted by molar-refractivity contribution is 0.137. The van der Waals surface area contributed by atoms with Gasteiger partial charge in [0.25, 0.3) is 0 Å². The molecular weight excluding hydrogens is 316 g/mol. The van der Waals surface area contributed by atoms with Gasteiger partial charge in [0.05, 0.1) is 10.5 Å². The molecule has 1 aliphatic rings. The van der Waals surface area contributed by atoms with Crippen molar-refractivity contribution in [3.8, 4) is 18.2 Å². The first-order valence-electron chi connectivity index (χ1n) is 6.46. The Morgan fingerprint density at radius 2 is 2.14 bits per heavy atom. The molecule has 0 aromatic carbocycles. The van der Waals surface area contributed by atoms with Crippen molar-refractivity contribution in [2.75, 3.05) is 5.75 Å². The number of nitriles is 3. The second-order valence-electron chi connectivity index (χ2n) is 4.37. The highest BCUT2D eigenvalue weighted by Crippen LogP contribution is 2.54. The van der Waals surface area contributed by atoms with E-state index in [0.29, 0.717) is 0 Å². The van der Waals surface area contributed by atoms with Crippen molar-refractivity contribution in [3.63, 3.8) is 0 Å². The zero-order valence-electron chi connectivity index (χ0n) is 11.8. The number of nitrogens with zero attached hydrogens (tertiary/aromatic N) is 3. The third-order valence-corrected chi connectivity index (χ3v) is 5.65. The summed E-state index contributed by atoms with van der Waals surface area (Å²) in [6.07, 6.45) is 0.880. The van der Waals surface area contributed by atoms with E-state index in [1.54, 1.807) is 0 Å². The average Bonchev–Trinajstić information content (AvgIpc) is 3.14. The first-order chi connectivity index (χ1) is 10.6. The maximum Gasteiger partial charge on any atom is 0.220 e. The molecule has 1 aromatic rings. The van der Waals surface area contributed by atoms with Crippen LogP contribution in [0.3, 0.4) is 0 Å². The summed E-state index contributed by atoms with van der Waals surface area (Å²) in [5.74, 6) is 0.690. The van der Waals surface area contributed by atoms with Crippen molar-refractivity contribution in [2.24, 2.45) is 5.73 Å². The van der Waals surface area contributed by atoms with Crippen LogP contribution in [-0.4, -0.2) is 5.75 Å². The van der Waals surface area contributed by atoms with E-state index in [1.165, 1.54) is 23.1 Å². The Morgan fingerprint density at radius 1 is 1.41 bits per heavy atom. The molecule has 22 heavy (non-hydrogen) atoms. The fraction of sp³-hybridized carbons (Fsp3) is 0.267. The van der Waals surface area contributed by atoms with Crippen LogP contribution in [-0.2, 0) is 9.67 Å². The first-order valence-corrected chi connectivity index (χ1v) is 8.33. The molecule has 5 nitrogen and oxygen atoms in total. The van der Waals surface area contributed by atoms with Crippen LogP contribution in [0.25, 0.3) is 0 Å². The van der Waals surface area contributed by atoms with Crippen molar-refractivity contribution in [1.29, 1.82) is 15.8 Å². The highest BCUT2D eigenvalue weighted by molar-refractivity contribution is 8.00. The van der Waals surface area contributed by atoms with Gasteiger partial charge in [0.1, 0.15) is 29.4 Å². The smallest absolute Gasteiger partial charge is 0.220 e. The standard InChI is InChI=1S/C15H12N4OS2/c1-2-5-22-15(12-4-3-6-21-12)13(10(7-16)8-17)11(9-18)14(19)20-15/h3-4,6H,2,5,19H2,1H3. The van der Waals surface area contributed by atoms with Crippen LogP contribution in [0, 0.1) is 34.0 Å². The largest absolute Gasteiger partial charge is 0.451 e. The minimum Gasteiger partial charge on any atom is -0.451 e. The number of allylic oxidation sites excluding steroid dienone is 1. The van der Waals surface area contributed by atoms with Crippen LogP contribution < -0.4 is 5.73 Å². The van der Waals surface area contributed by atoms with E-state index < -0.39 is 4.93 Å². The van der Waals surface area contributed by atoms with E-state index in [0.717, 1.165) is 17.1 Å². The average molecular weight is 328 g/mol. The number of thiophene rings is 1.